The molecule has 3 rings (SSSR count). The Balaban J connectivity index is 1.83. The number of aromatic nitrogens is 2. The Kier molecular flexibility index (Phi) is 6.44. The first-order valence-corrected chi connectivity index (χ1v) is 8.95. The van der Waals surface area contributed by atoms with Gasteiger partial charge in [0.1, 0.15) is 35.2 Å². The van der Waals surface area contributed by atoms with Crippen molar-refractivity contribution in [1.82, 2.24) is 9.78 Å². The van der Waals surface area contributed by atoms with Gasteiger partial charge in [0.05, 0.1) is 24.1 Å². The van der Waals surface area contributed by atoms with Gasteiger partial charge in [-0.1, -0.05) is 12.1 Å². The van der Waals surface area contributed by atoms with Crippen molar-refractivity contribution in [2.45, 2.75) is 6.18 Å². The summed E-state index contributed by atoms with van der Waals surface area (Å²) in [6.45, 7) is 0.629. The molecular weight excluding hydrogens is 420 g/mol. The van der Waals surface area contributed by atoms with E-state index >= 15 is 0 Å². The van der Waals surface area contributed by atoms with Gasteiger partial charge >= 0.3 is 6.18 Å². The fourth-order valence-electron chi connectivity index (χ4n) is 2.70. The molecular formula is C20H18F4N4O3. The minimum absolute atomic E-state index is 0.0624. The van der Waals surface area contributed by atoms with Gasteiger partial charge in [-0.25, -0.2) is 9.07 Å². The largest absolute Gasteiger partial charge is 0.489 e. The average molecular weight is 438 g/mol. The van der Waals surface area contributed by atoms with E-state index in [0.717, 1.165) is 6.07 Å². The van der Waals surface area contributed by atoms with Crippen LogP contribution in [0, 0.1) is 5.82 Å². The summed E-state index contributed by atoms with van der Waals surface area (Å²) in [6, 6.07) is 8.61. The summed E-state index contributed by atoms with van der Waals surface area (Å²) in [7, 11) is 1.53. The molecule has 0 atom stereocenters. The van der Waals surface area contributed by atoms with Crippen molar-refractivity contribution >= 4 is 17.4 Å². The van der Waals surface area contributed by atoms with E-state index < -0.39 is 29.2 Å². The Bertz CT molecular complexity index is 1080. The van der Waals surface area contributed by atoms with Gasteiger partial charge in [-0.05, 0) is 30.3 Å². The van der Waals surface area contributed by atoms with Crippen LogP contribution in [0.2, 0.25) is 0 Å². The number of anilines is 2. The summed E-state index contributed by atoms with van der Waals surface area (Å²) in [5.74, 6) is -1.69. The second-order valence-corrected chi connectivity index (χ2v) is 6.31. The predicted molar refractivity (Wildman–Crippen MR) is 105 cm³/mol. The van der Waals surface area contributed by atoms with E-state index in [1.165, 1.54) is 18.0 Å². The Morgan fingerprint density at radius 2 is 1.94 bits per heavy atom. The zero-order valence-corrected chi connectivity index (χ0v) is 16.2. The molecule has 0 aliphatic heterocycles. The molecule has 3 aromatic rings. The van der Waals surface area contributed by atoms with Crippen LogP contribution in [0.1, 0.15) is 15.9 Å². The van der Waals surface area contributed by atoms with Crippen LogP contribution in [0.15, 0.2) is 48.7 Å². The Morgan fingerprint density at radius 1 is 1.19 bits per heavy atom. The second-order valence-electron chi connectivity index (χ2n) is 6.31. The van der Waals surface area contributed by atoms with Crippen LogP contribution in [-0.2, 0) is 10.9 Å². The van der Waals surface area contributed by atoms with Crippen molar-refractivity contribution < 1.29 is 31.8 Å². The summed E-state index contributed by atoms with van der Waals surface area (Å²) in [5.41, 5.74) is 4.82. The Hall–Kier alpha value is -3.60. The maximum Gasteiger partial charge on any atom is 0.416 e. The topological polar surface area (TPSA) is 91.4 Å². The highest BCUT2D eigenvalue weighted by Gasteiger charge is 2.31. The molecule has 1 aromatic heterocycles. The second kappa shape index (κ2) is 9.04. The molecule has 0 unspecified atom stereocenters. The van der Waals surface area contributed by atoms with Crippen LogP contribution in [-0.4, -0.2) is 36.0 Å². The standard InChI is InChI=1S/C20H18F4N4O3/c1-30-8-9-31-17-5-3-2-4-16(17)28-18(25)13(11-26-28)19(29)27-15-7-6-12(10-14(15)21)20(22,23)24/h2-7,10-11H,8-9,25H2,1H3,(H,27,29). The van der Waals surface area contributed by atoms with Gasteiger partial charge in [-0.15, -0.1) is 0 Å². The number of hydrogen-bond acceptors (Lipinski definition) is 5. The number of hydrogen-bond donors (Lipinski definition) is 2. The predicted octanol–water partition coefficient (Wildman–Crippen LogP) is 3.89. The number of benzene rings is 2. The normalized spacial score (nSPS) is 11.4. The molecule has 0 fully saturated rings. The number of ether oxygens (including phenoxy) is 2. The third-order valence-electron chi connectivity index (χ3n) is 4.23. The molecule has 0 spiro atoms. The van der Waals surface area contributed by atoms with E-state index in [1.807, 2.05) is 0 Å². The molecule has 164 valence electrons. The van der Waals surface area contributed by atoms with Gasteiger partial charge in [0.15, 0.2) is 0 Å². The number of methoxy groups -OCH3 is 1. The number of carbonyl (C=O) groups is 1. The van der Waals surface area contributed by atoms with Gasteiger partial charge in [-0.2, -0.15) is 18.3 Å². The lowest BCUT2D eigenvalue weighted by Gasteiger charge is -2.12. The summed E-state index contributed by atoms with van der Waals surface area (Å²) in [5, 5.41) is 6.29. The van der Waals surface area contributed by atoms with Crippen molar-refractivity contribution in [3.05, 3.63) is 65.6 Å². The van der Waals surface area contributed by atoms with Gasteiger partial charge in [-0.3, -0.25) is 4.79 Å². The smallest absolute Gasteiger partial charge is 0.416 e. The minimum atomic E-state index is -4.70. The highest BCUT2D eigenvalue weighted by molar-refractivity contribution is 6.07. The number of alkyl halides is 3. The molecule has 0 aliphatic rings. The molecule has 0 saturated heterocycles. The quantitative estimate of drug-likeness (QED) is 0.432. The number of nitrogen functional groups attached to an aromatic ring is 1. The SMILES string of the molecule is COCCOc1ccccc1-n1ncc(C(=O)Nc2ccc(C(F)(F)F)cc2F)c1N. The number of nitrogens with zero attached hydrogens (tertiary/aromatic N) is 2. The van der Waals surface area contributed by atoms with E-state index in [4.69, 9.17) is 15.2 Å². The Morgan fingerprint density at radius 3 is 2.61 bits per heavy atom. The molecule has 0 aliphatic carbocycles. The van der Waals surface area contributed by atoms with Crippen molar-refractivity contribution in [2.75, 3.05) is 31.4 Å². The molecule has 11 heteroatoms. The molecule has 1 heterocycles. The van der Waals surface area contributed by atoms with E-state index in [0.29, 0.717) is 30.2 Å². The highest BCUT2D eigenvalue weighted by Crippen LogP contribution is 2.32. The third kappa shape index (κ3) is 4.94. The molecule has 0 saturated carbocycles. The first kappa shape index (κ1) is 22.1. The summed E-state index contributed by atoms with van der Waals surface area (Å²) in [6.07, 6.45) is -3.54. The highest BCUT2D eigenvalue weighted by atomic mass is 19.4. The van der Waals surface area contributed by atoms with Crippen molar-refractivity contribution in [3.63, 3.8) is 0 Å². The third-order valence-corrected chi connectivity index (χ3v) is 4.23. The monoisotopic (exact) mass is 438 g/mol. The summed E-state index contributed by atoms with van der Waals surface area (Å²) in [4.78, 5) is 12.5. The van der Waals surface area contributed by atoms with Crippen LogP contribution in [0.5, 0.6) is 5.75 Å². The molecule has 7 nitrogen and oxygen atoms in total. The molecule has 1 amide bonds. The number of rotatable bonds is 7. The van der Waals surface area contributed by atoms with E-state index in [9.17, 15) is 22.4 Å². The van der Waals surface area contributed by atoms with Crippen LogP contribution < -0.4 is 15.8 Å². The zero-order valence-electron chi connectivity index (χ0n) is 16.2. The number of amides is 1. The number of nitrogens with one attached hydrogen (secondary N) is 1. The summed E-state index contributed by atoms with van der Waals surface area (Å²) < 4.78 is 63.9. The zero-order chi connectivity index (χ0) is 22.6. The molecule has 0 bridgehead atoms. The minimum Gasteiger partial charge on any atom is -0.489 e. The van der Waals surface area contributed by atoms with Gasteiger partial charge < -0.3 is 20.5 Å². The molecule has 2 aromatic carbocycles. The average Bonchev–Trinajstić information content (AvgIpc) is 3.10. The van der Waals surface area contributed by atoms with E-state index in [1.54, 1.807) is 24.3 Å². The van der Waals surface area contributed by atoms with E-state index in [2.05, 4.69) is 10.4 Å². The number of carbonyl (C=O) groups excluding carboxylic acids is 1. The van der Waals surface area contributed by atoms with Crippen molar-refractivity contribution in [1.29, 1.82) is 0 Å². The van der Waals surface area contributed by atoms with Gasteiger partial charge in [0.2, 0.25) is 0 Å². The lowest BCUT2D eigenvalue weighted by Crippen LogP contribution is -2.16. The lowest BCUT2D eigenvalue weighted by molar-refractivity contribution is -0.137. The maximum absolute atomic E-state index is 14.0. The maximum atomic E-state index is 14.0. The first-order chi connectivity index (χ1) is 14.7. The fourth-order valence-corrected chi connectivity index (χ4v) is 2.70. The van der Waals surface area contributed by atoms with E-state index in [-0.39, 0.29) is 18.0 Å². The van der Waals surface area contributed by atoms with Crippen molar-refractivity contribution in [2.24, 2.45) is 0 Å². The molecule has 3 N–H and O–H groups in total. The van der Waals surface area contributed by atoms with Crippen LogP contribution in [0.25, 0.3) is 5.69 Å². The number of nitrogens with two attached hydrogens (primary N) is 1. The van der Waals surface area contributed by atoms with Crippen LogP contribution in [0.3, 0.4) is 0 Å². The van der Waals surface area contributed by atoms with Crippen molar-refractivity contribution in [3.8, 4) is 11.4 Å². The number of para-hydroxylation sites is 2. The number of halogens is 4. The fraction of sp³-hybridized carbons (Fsp3) is 0.200. The lowest BCUT2D eigenvalue weighted by atomic mass is 10.2. The van der Waals surface area contributed by atoms with Crippen LogP contribution >= 0.6 is 0 Å². The first-order valence-electron chi connectivity index (χ1n) is 8.95. The summed E-state index contributed by atoms with van der Waals surface area (Å²) >= 11 is 0. The van der Waals surface area contributed by atoms with Crippen LogP contribution in [0.4, 0.5) is 29.1 Å². The van der Waals surface area contributed by atoms with Gasteiger partial charge in [0.25, 0.3) is 5.91 Å². The Labute approximate surface area is 174 Å². The molecule has 0 radical (unpaired) electrons. The molecule has 31 heavy (non-hydrogen) atoms. The van der Waals surface area contributed by atoms with Gasteiger partial charge in [0, 0.05) is 7.11 Å².